The van der Waals surface area contributed by atoms with Crippen molar-refractivity contribution in [3.8, 4) is 0 Å². The zero-order valence-corrected chi connectivity index (χ0v) is 14.9. The first kappa shape index (κ1) is 18.4. The molecule has 10 heteroatoms. The number of anilines is 1. The van der Waals surface area contributed by atoms with Gasteiger partial charge in [0.25, 0.3) is 5.91 Å². The number of nitrogens with two attached hydrogens (primary N) is 1. The first-order chi connectivity index (χ1) is 12.1. The lowest BCUT2D eigenvalue weighted by Crippen LogP contribution is -2.26. The van der Waals surface area contributed by atoms with E-state index in [-0.39, 0.29) is 5.69 Å². The van der Waals surface area contributed by atoms with Crippen molar-refractivity contribution in [1.29, 1.82) is 0 Å². The van der Waals surface area contributed by atoms with E-state index in [1.165, 1.54) is 25.2 Å². The van der Waals surface area contributed by atoms with Crippen LogP contribution in [0.15, 0.2) is 6.07 Å². The summed E-state index contributed by atoms with van der Waals surface area (Å²) < 4.78 is 39.4. The Morgan fingerprint density at radius 2 is 2.08 bits per heavy atom. The smallest absolute Gasteiger partial charge is 0.365 e. The van der Waals surface area contributed by atoms with Gasteiger partial charge in [0.2, 0.25) is 5.91 Å². The van der Waals surface area contributed by atoms with Crippen LogP contribution in [0.5, 0.6) is 0 Å². The van der Waals surface area contributed by atoms with Gasteiger partial charge >= 0.3 is 6.18 Å². The molecule has 0 saturated heterocycles. The molecule has 3 rings (SSSR count). The largest absolute Gasteiger partial charge is 0.435 e. The van der Waals surface area contributed by atoms with Gasteiger partial charge in [0, 0.05) is 10.6 Å². The van der Waals surface area contributed by atoms with Crippen molar-refractivity contribution in [1.82, 2.24) is 9.78 Å². The first-order valence-corrected chi connectivity index (χ1v) is 8.79. The molecule has 2 amide bonds. The van der Waals surface area contributed by atoms with Crippen LogP contribution in [0.4, 0.5) is 18.2 Å². The van der Waals surface area contributed by atoms with Crippen LogP contribution < -0.4 is 11.1 Å². The Bertz CT molecular complexity index is 885. The van der Waals surface area contributed by atoms with Crippen LogP contribution in [-0.2, 0) is 23.8 Å². The van der Waals surface area contributed by atoms with E-state index >= 15 is 0 Å². The van der Waals surface area contributed by atoms with E-state index in [0.29, 0.717) is 10.6 Å². The predicted octanol–water partition coefficient (Wildman–Crippen LogP) is 3.06. The molecule has 0 bridgehead atoms. The molecule has 6 nitrogen and oxygen atoms in total. The zero-order valence-electron chi connectivity index (χ0n) is 14.1. The molecule has 0 aromatic carbocycles. The molecule has 0 spiro atoms. The Hall–Kier alpha value is -2.36. The number of nitrogens with zero attached hydrogens (tertiary/aromatic N) is 2. The second-order valence-electron chi connectivity index (χ2n) is 6.20. The maximum absolute atomic E-state index is 12.8. The van der Waals surface area contributed by atoms with Gasteiger partial charge in [-0.15, -0.1) is 11.3 Å². The maximum atomic E-state index is 12.8. The van der Waals surface area contributed by atoms with E-state index in [0.717, 1.165) is 40.5 Å². The van der Waals surface area contributed by atoms with E-state index in [4.69, 9.17) is 5.73 Å². The summed E-state index contributed by atoms with van der Waals surface area (Å²) in [7, 11) is 0. The fourth-order valence-electron chi connectivity index (χ4n) is 3.10. The molecule has 2 aromatic heterocycles. The second-order valence-corrected chi connectivity index (χ2v) is 7.31. The number of carbonyl (C=O) groups excluding carboxylic acids is 2. The van der Waals surface area contributed by atoms with Crippen molar-refractivity contribution in [3.63, 3.8) is 0 Å². The third-order valence-electron chi connectivity index (χ3n) is 4.36. The molecular formula is C16H17F3N4O2S. The molecule has 1 aliphatic rings. The highest BCUT2D eigenvalue weighted by molar-refractivity contribution is 7.17. The molecule has 1 atom stereocenters. The standard InChI is InChI=1S/C16H17F3N4O2S/c1-7-6-11(16(17,18)19)22-23(7)8(2)14(25)21-15-12(13(20)24)9-4-3-5-10(9)26-15/h6,8H,3-5H2,1-2H3,(H2,20,24)(H,21,25)/t8-/m0/s1. The summed E-state index contributed by atoms with van der Waals surface area (Å²) in [5, 5.41) is 6.47. The molecular weight excluding hydrogens is 369 g/mol. The van der Waals surface area contributed by atoms with Crippen molar-refractivity contribution in [2.24, 2.45) is 5.73 Å². The van der Waals surface area contributed by atoms with Crippen LogP contribution >= 0.6 is 11.3 Å². The molecule has 26 heavy (non-hydrogen) atoms. The first-order valence-electron chi connectivity index (χ1n) is 7.98. The Labute approximate surface area is 151 Å². The monoisotopic (exact) mass is 386 g/mol. The number of aromatic nitrogens is 2. The van der Waals surface area contributed by atoms with Crippen LogP contribution in [0.1, 0.15) is 51.6 Å². The van der Waals surface area contributed by atoms with Crippen molar-refractivity contribution >= 4 is 28.2 Å². The zero-order chi connectivity index (χ0) is 19.2. The summed E-state index contributed by atoms with van der Waals surface area (Å²) in [6.07, 6.45) is -2.11. The molecule has 0 saturated carbocycles. The number of hydrogen-bond donors (Lipinski definition) is 2. The van der Waals surface area contributed by atoms with Crippen LogP contribution in [0.3, 0.4) is 0 Å². The number of thiophene rings is 1. The Morgan fingerprint density at radius 1 is 1.38 bits per heavy atom. The van der Waals surface area contributed by atoms with Gasteiger partial charge in [-0.25, -0.2) is 0 Å². The number of hydrogen-bond acceptors (Lipinski definition) is 4. The van der Waals surface area contributed by atoms with Crippen molar-refractivity contribution in [3.05, 3.63) is 33.5 Å². The molecule has 0 aliphatic heterocycles. The van der Waals surface area contributed by atoms with Gasteiger partial charge in [-0.1, -0.05) is 0 Å². The van der Waals surface area contributed by atoms with Crippen molar-refractivity contribution in [2.75, 3.05) is 5.32 Å². The summed E-state index contributed by atoms with van der Waals surface area (Å²) in [6.45, 7) is 2.89. The van der Waals surface area contributed by atoms with E-state index in [9.17, 15) is 22.8 Å². The molecule has 0 fully saturated rings. The van der Waals surface area contributed by atoms with Crippen LogP contribution in [0.2, 0.25) is 0 Å². The summed E-state index contributed by atoms with van der Waals surface area (Å²) in [5.74, 6) is -1.19. The van der Waals surface area contributed by atoms with Gasteiger partial charge in [0.1, 0.15) is 11.0 Å². The van der Waals surface area contributed by atoms with Gasteiger partial charge in [0.15, 0.2) is 5.69 Å². The summed E-state index contributed by atoms with van der Waals surface area (Å²) in [4.78, 5) is 25.3. The average molecular weight is 386 g/mol. The van der Waals surface area contributed by atoms with Gasteiger partial charge in [0.05, 0.1) is 5.56 Å². The minimum atomic E-state index is -4.58. The lowest BCUT2D eigenvalue weighted by molar-refractivity contribution is -0.141. The molecule has 0 unspecified atom stereocenters. The molecule has 0 radical (unpaired) electrons. The van der Waals surface area contributed by atoms with Gasteiger partial charge in [-0.3, -0.25) is 14.3 Å². The minimum absolute atomic E-state index is 0.212. The third-order valence-corrected chi connectivity index (χ3v) is 5.57. The van der Waals surface area contributed by atoms with Gasteiger partial charge < -0.3 is 11.1 Å². The fourth-order valence-corrected chi connectivity index (χ4v) is 4.40. The van der Waals surface area contributed by atoms with Crippen molar-refractivity contribution < 1.29 is 22.8 Å². The molecule has 2 heterocycles. The van der Waals surface area contributed by atoms with Gasteiger partial charge in [-0.2, -0.15) is 18.3 Å². The highest BCUT2D eigenvalue weighted by Gasteiger charge is 2.35. The number of amides is 2. The third kappa shape index (κ3) is 3.20. The van der Waals surface area contributed by atoms with Gasteiger partial charge in [-0.05, 0) is 44.7 Å². The number of rotatable bonds is 4. The van der Waals surface area contributed by atoms with Crippen LogP contribution in [-0.4, -0.2) is 21.6 Å². The fraction of sp³-hybridized carbons (Fsp3) is 0.438. The number of alkyl halides is 3. The number of halogens is 3. The van der Waals surface area contributed by atoms with E-state index in [1.807, 2.05) is 0 Å². The average Bonchev–Trinajstić information content (AvgIpc) is 3.19. The molecule has 2 aromatic rings. The summed E-state index contributed by atoms with van der Waals surface area (Å²) in [6, 6.07) is -0.0954. The number of nitrogens with one attached hydrogen (secondary N) is 1. The highest BCUT2D eigenvalue weighted by Crippen LogP contribution is 2.39. The molecule has 3 N–H and O–H groups in total. The number of aryl methyl sites for hydroxylation is 2. The minimum Gasteiger partial charge on any atom is -0.365 e. The predicted molar refractivity (Wildman–Crippen MR) is 90.2 cm³/mol. The van der Waals surface area contributed by atoms with Crippen molar-refractivity contribution in [2.45, 2.75) is 45.3 Å². The van der Waals surface area contributed by atoms with E-state index < -0.39 is 29.7 Å². The molecule has 1 aliphatic carbocycles. The molecule has 140 valence electrons. The van der Waals surface area contributed by atoms with E-state index in [2.05, 4.69) is 10.4 Å². The number of fused-ring (bicyclic) bond motifs is 1. The normalized spacial score (nSPS) is 15.0. The Kier molecular flexibility index (Phi) is 4.55. The lowest BCUT2D eigenvalue weighted by Gasteiger charge is -2.14. The maximum Gasteiger partial charge on any atom is 0.435 e. The lowest BCUT2D eigenvalue weighted by atomic mass is 10.1. The van der Waals surface area contributed by atoms with Crippen LogP contribution in [0.25, 0.3) is 0 Å². The number of carbonyl (C=O) groups is 2. The Balaban J connectivity index is 1.85. The Morgan fingerprint density at radius 3 is 2.65 bits per heavy atom. The quantitative estimate of drug-likeness (QED) is 0.846. The summed E-state index contributed by atoms with van der Waals surface area (Å²) >= 11 is 1.29. The number of primary amides is 1. The topological polar surface area (TPSA) is 90.0 Å². The highest BCUT2D eigenvalue weighted by atomic mass is 32.1. The van der Waals surface area contributed by atoms with E-state index in [1.54, 1.807) is 0 Å². The van der Waals surface area contributed by atoms with Crippen LogP contribution in [0, 0.1) is 6.92 Å². The second kappa shape index (κ2) is 6.42. The SMILES string of the molecule is Cc1cc(C(F)(F)F)nn1[C@@H](C)C(=O)Nc1sc2c(c1C(N)=O)CCC2. The summed E-state index contributed by atoms with van der Waals surface area (Å²) in [5.41, 5.74) is 5.77.